The lowest BCUT2D eigenvalue weighted by Crippen LogP contribution is -2.28. The summed E-state index contributed by atoms with van der Waals surface area (Å²) in [6, 6.07) is 3.76. The number of halogens is 1. The lowest BCUT2D eigenvalue weighted by Gasteiger charge is -2.18. The monoisotopic (exact) mass is 227 g/mol. The van der Waals surface area contributed by atoms with Crippen LogP contribution in [0.25, 0.3) is 0 Å². The Hall–Kier alpha value is -0.800. The van der Waals surface area contributed by atoms with Crippen molar-refractivity contribution in [3.8, 4) is 0 Å². The third-order valence-electron chi connectivity index (χ3n) is 2.38. The Labute approximate surface area is 96.5 Å². The highest BCUT2D eigenvalue weighted by atomic mass is 35.5. The van der Waals surface area contributed by atoms with Crippen LogP contribution in [0.1, 0.15) is 13.8 Å². The molecular formula is C11H18ClN3. The van der Waals surface area contributed by atoms with E-state index in [-0.39, 0.29) is 0 Å². The summed E-state index contributed by atoms with van der Waals surface area (Å²) in [5.74, 6) is 0. The number of rotatable bonds is 6. The van der Waals surface area contributed by atoms with Gasteiger partial charge in [0.1, 0.15) is 5.15 Å². The van der Waals surface area contributed by atoms with Crippen molar-refractivity contribution in [2.24, 2.45) is 0 Å². The van der Waals surface area contributed by atoms with Crippen molar-refractivity contribution in [1.29, 1.82) is 0 Å². The van der Waals surface area contributed by atoms with E-state index in [2.05, 4.69) is 29.0 Å². The van der Waals surface area contributed by atoms with E-state index < -0.39 is 0 Å². The van der Waals surface area contributed by atoms with E-state index in [0.29, 0.717) is 5.15 Å². The zero-order valence-corrected chi connectivity index (χ0v) is 10.1. The second-order valence-electron chi connectivity index (χ2n) is 3.32. The fraction of sp³-hybridized carbons (Fsp3) is 0.545. The second kappa shape index (κ2) is 6.64. The predicted molar refractivity (Wildman–Crippen MR) is 65.5 cm³/mol. The van der Waals surface area contributed by atoms with Crippen molar-refractivity contribution in [2.45, 2.75) is 13.8 Å². The molecule has 1 rings (SSSR count). The van der Waals surface area contributed by atoms with E-state index >= 15 is 0 Å². The van der Waals surface area contributed by atoms with Crippen molar-refractivity contribution < 1.29 is 0 Å². The van der Waals surface area contributed by atoms with E-state index in [9.17, 15) is 0 Å². The Morgan fingerprint density at radius 2 is 2.13 bits per heavy atom. The summed E-state index contributed by atoms with van der Waals surface area (Å²) in [4.78, 5) is 6.30. The first-order valence-corrected chi connectivity index (χ1v) is 5.71. The number of nitrogens with zero attached hydrogens (tertiary/aromatic N) is 2. The lowest BCUT2D eigenvalue weighted by molar-refractivity contribution is 0.316. The van der Waals surface area contributed by atoms with Crippen LogP contribution >= 0.6 is 11.6 Å². The predicted octanol–water partition coefficient (Wildman–Crippen LogP) is 2.49. The molecule has 0 aliphatic rings. The molecule has 0 aliphatic heterocycles. The number of aromatic nitrogens is 1. The third-order valence-corrected chi connectivity index (χ3v) is 2.58. The van der Waals surface area contributed by atoms with Gasteiger partial charge in [0.25, 0.3) is 0 Å². The maximum absolute atomic E-state index is 5.78. The van der Waals surface area contributed by atoms with E-state index in [1.165, 1.54) is 0 Å². The van der Waals surface area contributed by atoms with Crippen LogP contribution in [0.3, 0.4) is 0 Å². The largest absolute Gasteiger partial charge is 0.384 e. The minimum atomic E-state index is 0.530. The van der Waals surface area contributed by atoms with Crippen LogP contribution < -0.4 is 5.32 Å². The summed E-state index contributed by atoms with van der Waals surface area (Å²) in [5, 5.41) is 3.85. The normalized spacial score (nSPS) is 10.7. The van der Waals surface area contributed by atoms with Gasteiger partial charge in [-0.3, -0.25) is 0 Å². The van der Waals surface area contributed by atoms with Gasteiger partial charge in [0, 0.05) is 25.0 Å². The molecular weight excluding hydrogens is 210 g/mol. The van der Waals surface area contributed by atoms with Crippen LogP contribution in [-0.2, 0) is 0 Å². The Bertz CT molecular complexity index is 287. The molecule has 4 heteroatoms. The fourth-order valence-corrected chi connectivity index (χ4v) is 1.58. The van der Waals surface area contributed by atoms with Crippen molar-refractivity contribution in [3.05, 3.63) is 23.5 Å². The van der Waals surface area contributed by atoms with Crippen LogP contribution in [0, 0.1) is 0 Å². The molecule has 0 fully saturated rings. The number of nitrogens with one attached hydrogen (secondary N) is 1. The van der Waals surface area contributed by atoms with E-state index in [1.54, 1.807) is 6.20 Å². The maximum Gasteiger partial charge on any atom is 0.131 e. The molecule has 0 saturated carbocycles. The van der Waals surface area contributed by atoms with Gasteiger partial charge < -0.3 is 10.2 Å². The maximum atomic E-state index is 5.78. The van der Waals surface area contributed by atoms with Gasteiger partial charge in [-0.25, -0.2) is 4.98 Å². The fourth-order valence-electron chi connectivity index (χ4n) is 1.41. The number of hydrogen-bond acceptors (Lipinski definition) is 3. The average Bonchev–Trinajstić information content (AvgIpc) is 2.25. The summed E-state index contributed by atoms with van der Waals surface area (Å²) < 4.78 is 0. The molecule has 84 valence electrons. The van der Waals surface area contributed by atoms with Gasteiger partial charge in [-0.15, -0.1) is 0 Å². The summed E-state index contributed by atoms with van der Waals surface area (Å²) in [5.41, 5.74) is 1.03. The summed E-state index contributed by atoms with van der Waals surface area (Å²) in [6.07, 6.45) is 1.71. The van der Waals surface area contributed by atoms with E-state index in [4.69, 9.17) is 11.6 Å². The van der Waals surface area contributed by atoms with Crippen LogP contribution in [0.2, 0.25) is 5.15 Å². The van der Waals surface area contributed by atoms with Gasteiger partial charge in [-0.1, -0.05) is 25.4 Å². The SMILES string of the molecule is CCN(CC)CCNc1ccnc(Cl)c1. The highest BCUT2D eigenvalue weighted by molar-refractivity contribution is 6.29. The third kappa shape index (κ3) is 4.49. The molecule has 0 aromatic carbocycles. The highest BCUT2D eigenvalue weighted by Crippen LogP contribution is 2.11. The Morgan fingerprint density at radius 3 is 2.73 bits per heavy atom. The highest BCUT2D eigenvalue weighted by Gasteiger charge is 1.98. The Kier molecular flexibility index (Phi) is 5.43. The standard InChI is InChI=1S/C11H18ClN3/c1-3-15(4-2)8-7-13-10-5-6-14-11(12)9-10/h5-6,9H,3-4,7-8H2,1-2H3,(H,13,14). The molecule has 0 radical (unpaired) electrons. The molecule has 1 aromatic heterocycles. The molecule has 15 heavy (non-hydrogen) atoms. The Morgan fingerprint density at radius 1 is 1.40 bits per heavy atom. The molecule has 0 amide bonds. The first kappa shape index (κ1) is 12.3. The molecule has 0 atom stereocenters. The number of hydrogen-bond donors (Lipinski definition) is 1. The van der Waals surface area contributed by atoms with Gasteiger partial charge in [0.05, 0.1) is 0 Å². The van der Waals surface area contributed by atoms with Crippen molar-refractivity contribution in [2.75, 3.05) is 31.5 Å². The van der Waals surface area contributed by atoms with Crippen molar-refractivity contribution in [1.82, 2.24) is 9.88 Å². The van der Waals surface area contributed by atoms with Crippen molar-refractivity contribution >= 4 is 17.3 Å². The second-order valence-corrected chi connectivity index (χ2v) is 3.71. The minimum Gasteiger partial charge on any atom is -0.384 e. The first-order valence-electron chi connectivity index (χ1n) is 5.34. The molecule has 1 heterocycles. The van der Waals surface area contributed by atoms with Crippen LogP contribution in [0.5, 0.6) is 0 Å². The molecule has 1 aromatic rings. The summed E-state index contributed by atoms with van der Waals surface area (Å²) in [6.45, 7) is 8.51. The summed E-state index contributed by atoms with van der Waals surface area (Å²) in [7, 11) is 0. The van der Waals surface area contributed by atoms with Crippen LogP contribution in [-0.4, -0.2) is 36.1 Å². The van der Waals surface area contributed by atoms with Gasteiger partial charge in [-0.2, -0.15) is 0 Å². The number of pyridine rings is 1. The number of anilines is 1. The molecule has 3 nitrogen and oxygen atoms in total. The number of likely N-dealkylation sites (N-methyl/N-ethyl adjacent to an activating group) is 1. The lowest BCUT2D eigenvalue weighted by atomic mass is 10.4. The smallest absolute Gasteiger partial charge is 0.131 e. The van der Waals surface area contributed by atoms with Crippen LogP contribution in [0.4, 0.5) is 5.69 Å². The molecule has 0 saturated heterocycles. The van der Waals surface area contributed by atoms with E-state index in [1.807, 2.05) is 12.1 Å². The van der Waals surface area contributed by atoms with Gasteiger partial charge in [0.2, 0.25) is 0 Å². The molecule has 0 unspecified atom stereocenters. The zero-order valence-electron chi connectivity index (χ0n) is 9.33. The van der Waals surface area contributed by atoms with Gasteiger partial charge >= 0.3 is 0 Å². The summed E-state index contributed by atoms with van der Waals surface area (Å²) >= 11 is 5.78. The van der Waals surface area contributed by atoms with E-state index in [0.717, 1.165) is 31.9 Å². The van der Waals surface area contributed by atoms with Crippen LogP contribution in [0.15, 0.2) is 18.3 Å². The molecule has 1 N–H and O–H groups in total. The molecule has 0 aliphatic carbocycles. The van der Waals surface area contributed by atoms with Crippen molar-refractivity contribution in [3.63, 3.8) is 0 Å². The Balaban J connectivity index is 2.31. The van der Waals surface area contributed by atoms with Gasteiger partial charge in [-0.05, 0) is 25.2 Å². The minimum absolute atomic E-state index is 0.530. The first-order chi connectivity index (χ1) is 7.26. The van der Waals surface area contributed by atoms with Gasteiger partial charge in [0.15, 0.2) is 0 Å². The topological polar surface area (TPSA) is 28.2 Å². The molecule has 0 spiro atoms. The zero-order chi connectivity index (χ0) is 11.1. The molecule has 0 bridgehead atoms. The average molecular weight is 228 g/mol. The quantitative estimate of drug-likeness (QED) is 0.757.